The smallest absolute Gasteiger partial charge is 0.408 e. The van der Waals surface area contributed by atoms with E-state index in [1.54, 1.807) is 6.07 Å². The highest BCUT2D eigenvalue weighted by atomic mass is 35.5. The van der Waals surface area contributed by atoms with E-state index >= 15 is 0 Å². The van der Waals surface area contributed by atoms with Crippen molar-refractivity contribution in [1.82, 2.24) is 0 Å². The molecule has 1 aliphatic rings. The standard InChI is InChI=1S/C15H7ClF5NO3S/c16-12-11(25-9-4-7(6-22)3-8(17)5-9)2-1-10-13(12)26(23,24)15(20,21)14(10,18)19/h1-5,23-24H. The van der Waals surface area contributed by atoms with Gasteiger partial charge in [0, 0.05) is 6.07 Å². The highest BCUT2D eigenvalue weighted by Crippen LogP contribution is 2.77. The highest BCUT2D eigenvalue weighted by Gasteiger charge is 2.73. The molecule has 4 nitrogen and oxygen atoms in total. The number of rotatable bonds is 2. The van der Waals surface area contributed by atoms with Crippen LogP contribution in [0.3, 0.4) is 0 Å². The maximum Gasteiger partial charge on any atom is 0.408 e. The lowest BCUT2D eigenvalue weighted by molar-refractivity contribution is -0.162. The van der Waals surface area contributed by atoms with E-state index in [4.69, 9.17) is 21.6 Å². The summed E-state index contributed by atoms with van der Waals surface area (Å²) in [5.41, 5.74) is -1.46. The van der Waals surface area contributed by atoms with Crippen molar-refractivity contribution < 1.29 is 35.8 Å². The van der Waals surface area contributed by atoms with Gasteiger partial charge in [-0.3, -0.25) is 9.11 Å². The number of ether oxygens (including phenoxy) is 1. The number of hydrogen-bond donors (Lipinski definition) is 2. The van der Waals surface area contributed by atoms with Crippen molar-refractivity contribution in [2.45, 2.75) is 16.1 Å². The minimum atomic E-state index is -5.28. The quantitative estimate of drug-likeness (QED) is 0.599. The molecule has 2 aromatic carbocycles. The first-order valence-corrected chi connectivity index (χ1v) is 8.61. The third-order valence-corrected chi connectivity index (χ3v) is 6.09. The number of benzene rings is 2. The van der Waals surface area contributed by atoms with Crippen LogP contribution in [0.2, 0.25) is 5.02 Å². The fraction of sp³-hybridized carbons (Fsp3) is 0.133. The van der Waals surface area contributed by atoms with Gasteiger partial charge in [-0.05, 0) is 24.3 Å². The van der Waals surface area contributed by atoms with Crippen molar-refractivity contribution in [3.05, 3.63) is 52.3 Å². The van der Waals surface area contributed by atoms with Gasteiger partial charge in [-0.2, -0.15) is 22.8 Å². The van der Waals surface area contributed by atoms with Crippen LogP contribution in [0, 0.1) is 17.1 Å². The molecule has 0 fully saturated rings. The number of halogens is 6. The largest absolute Gasteiger partial charge is 0.456 e. The van der Waals surface area contributed by atoms with E-state index in [9.17, 15) is 31.1 Å². The lowest BCUT2D eigenvalue weighted by Gasteiger charge is -2.35. The molecule has 26 heavy (non-hydrogen) atoms. The maximum absolute atomic E-state index is 13.9. The van der Waals surface area contributed by atoms with Crippen LogP contribution in [-0.4, -0.2) is 14.4 Å². The zero-order valence-electron chi connectivity index (χ0n) is 12.3. The molecular weight excluding hydrogens is 405 g/mol. The van der Waals surface area contributed by atoms with Gasteiger partial charge in [-0.1, -0.05) is 22.2 Å². The van der Waals surface area contributed by atoms with Gasteiger partial charge in [0.25, 0.3) is 0 Å². The van der Waals surface area contributed by atoms with E-state index in [1.807, 2.05) is 0 Å². The molecule has 0 unspecified atom stereocenters. The van der Waals surface area contributed by atoms with Crippen LogP contribution in [0.5, 0.6) is 11.5 Å². The van der Waals surface area contributed by atoms with E-state index in [-0.39, 0.29) is 11.3 Å². The van der Waals surface area contributed by atoms with Gasteiger partial charge in [0.05, 0.1) is 22.1 Å². The van der Waals surface area contributed by atoms with E-state index in [1.165, 1.54) is 0 Å². The molecule has 2 aromatic rings. The summed E-state index contributed by atoms with van der Waals surface area (Å²) in [5, 5.41) is 2.76. The summed E-state index contributed by atoms with van der Waals surface area (Å²) >= 11 is 5.81. The van der Waals surface area contributed by atoms with Crippen LogP contribution in [0.15, 0.2) is 35.2 Å². The molecule has 1 heterocycles. The van der Waals surface area contributed by atoms with E-state index in [2.05, 4.69) is 0 Å². The Bertz CT molecular complexity index is 961. The molecule has 0 amide bonds. The number of alkyl halides is 4. The van der Waals surface area contributed by atoms with Crippen LogP contribution in [0.1, 0.15) is 11.1 Å². The van der Waals surface area contributed by atoms with Crippen LogP contribution < -0.4 is 4.74 Å². The Balaban J connectivity index is 2.13. The van der Waals surface area contributed by atoms with Crippen LogP contribution in [0.4, 0.5) is 22.0 Å². The first kappa shape index (κ1) is 18.7. The lowest BCUT2D eigenvalue weighted by Crippen LogP contribution is -2.35. The Labute approximate surface area is 149 Å². The molecule has 0 saturated heterocycles. The second-order valence-electron chi connectivity index (χ2n) is 5.28. The zero-order valence-corrected chi connectivity index (χ0v) is 13.9. The minimum Gasteiger partial charge on any atom is -0.456 e. The summed E-state index contributed by atoms with van der Waals surface area (Å²) in [6.07, 6.45) is 0. The van der Waals surface area contributed by atoms with Gasteiger partial charge in [-0.25, -0.2) is 4.39 Å². The number of nitrogens with zero attached hydrogens (tertiary/aromatic N) is 1. The molecule has 0 spiro atoms. The topological polar surface area (TPSA) is 73.5 Å². The summed E-state index contributed by atoms with van der Waals surface area (Å²) in [4.78, 5) is -1.23. The molecule has 0 atom stereocenters. The Kier molecular flexibility index (Phi) is 4.12. The number of nitriles is 1. The molecule has 0 saturated carbocycles. The van der Waals surface area contributed by atoms with E-state index < -0.39 is 48.8 Å². The lowest BCUT2D eigenvalue weighted by atomic mass is 10.1. The molecule has 138 valence electrons. The third-order valence-electron chi connectivity index (χ3n) is 3.64. The summed E-state index contributed by atoms with van der Waals surface area (Å²) in [6.45, 7) is 0. The van der Waals surface area contributed by atoms with Crippen LogP contribution in [0.25, 0.3) is 0 Å². The van der Waals surface area contributed by atoms with Gasteiger partial charge >= 0.3 is 11.2 Å². The molecular formula is C15H7ClF5NO3S. The average Bonchev–Trinajstić information content (AvgIpc) is 2.65. The SMILES string of the molecule is N#Cc1cc(F)cc(Oc2ccc3c(c2Cl)S(O)(O)C(F)(F)C3(F)F)c1. The number of fused-ring (bicyclic) bond motifs is 1. The first-order valence-electron chi connectivity index (χ1n) is 6.68. The molecule has 3 rings (SSSR count). The predicted octanol–water partition coefficient (Wildman–Crippen LogP) is 5.95. The van der Waals surface area contributed by atoms with Crippen LogP contribution in [-0.2, 0) is 5.92 Å². The molecule has 0 bridgehead atoms. The second-order valence-corrected chi connectivity index (χ2v) is 7.68. The van der Waals surface area contributed by atoms with E-state index in [0.717, 1.165) is 24.3 Å². The summed E-state index contributed by atoms with van der Waals surface area (Å²) < 4.78 is 93.2. The number of hydrogen-bond acceptors (Lipinski definition) is 4. The molecule has 0 radical (unpaired) electrons. The van der Waals surface area contributed by atoms with Crippen molar-refractivity contribution in [2.24, 2.45) is 0 Å². The average molecular weight is 412 g/mol. The molecule has 0 aromatic heterocycles. The molecule has 0 aliphatic carbocycles. The summed E-state index contributed by atoms with van der Waals surface area (Å²) in [5.74, 6) is -6.46. The van der Waals surface area contributed by atoms with Gasteiger partial charge in [0.15, 0.2) is 0 Å². The van der Waals surface area contributed by atoms with Crippen molar-refractivity contribution in [3.63, 3.8) is 0 Å². The third kappa shape index (κ3) is 2.43. The Morgan fingerprint density at radius 2 is 1.77 bits per heavy atom. The van der Waals surface area contributed by atoms with Gasteiger partial charge < -0.3 is 4.74 Å². The van der Waals surface area contributed by atoms with Crippen molar-refractivity contribution >= 4 is 22.2 Å². The molecule has 2 N–H and O–H groups in total. The van der Waals surface area contributed by atoms with Crippen molar-refractivity contribution in [2.75, 3.05) is 0 Å². The molecule has 11 heteroatoms. The maximum atomic E-state index is 13.9. The Hall–Kier alpha value is -2.06. The molecule has 1 aliphatic heterocycles. The van der Waals surface area contributed by atoms with Gasteiger partial charge in [0.1, 0.15) is 22.3 Å². The summed E-state index contributed by atoms with van der Waals surface area (Å²) in [7, 11) is -5.28. The Morgan fingerprint density at radius 1 is 1.12 bits per heavy atom. The first-order chi connectivity index (χ1) is 11.9. The second kappa shape index (κ2) is 5.72. The highest BCUT2D eigenvalue weighted by molar-refractivity contribution is 8.25. The van der Waals surface area contributed by atoms with E-state index in [0.29, 0.717) is 6.07 Å². The summed E-state index contributed by atoms with van der Waals surface area (Å²) in [6, 6.07) is 5.82. The Morgan fingerprint density at radius 3 is 2.38 bits per heavy atom. The monoisotopic (exact) mass is 411 g/mol. The van der Waals surface area contributed by atoms with Crippen molar-refractivity contribution in [3.8, 4) is 17.6 Å². The normalized spacial score (nSPS) is 20.1. The minimum absolute atomic E-state index is 0.125. The zero-order chi connectivity index (χ0) is 19.5. The van der Waals surface area contributed by atoms with Crippen molar-refractivity contribution in [1.29, 1.82) is 5.26 Å². The van der Waals surface area contributed by atoms with Gasteiger partial charge in [-0.15, -0.1) is 0 Å². The van der Waals surface area contributed by atoms with Gasteiger partial charge in [0.2, 0.25) is 0 Å². The predicted molar refractivity (Wildman–Crippen MR) is 82.6 cm³/mol. The fourth-order valence-corrected chi connectivity index (χ4v) is 4.52. The van der Waals surface area contributed by atoms with Crippen LogP contribution >= 0.6 is 22.2 Å². The fourth-order valence-electron chi connectivity index (χ4n) is 2.42.